The molecule has 2 aliphatic heterocycles. The summed E-state index contributed by atoms with van der Waals surface area (Å²) >= 11 is 6.11. The maximum absolute atomic E-state index is 13.8. The van der Waals surface area contributed by atoms with Crippen molar-refractivity contribution < 1.29 is 19.1 Å². The van der Waals surface area contributed by atoms with Crippen LogP contribution >= 0.6 is 11.6 Å². The molecule has 0 aliphatic carbocycles. The van der Waals surface area contributed by atoms with Crippen LogP contribution in [0, 0.1) is 0 Å². The van der Waals surface area contributed by atoms with Gasteiger partial charge in [-0.15, -0.1) is 0 Å². The predicted molar refractivity (Wildman–Crippen MR) is 158 cm³/mol. The normalized spacial score (nSPS) is 19.1. The Bertz CT molecular complexity index is 1310. The molecule has 2 heterocycles. The van der Waals surface area contributed by atoms with E-state index in [-0.39, 0.29) is 23.9 Å². The Morgan fingerprint density at radius 2 is 1.70 bits per heavy atom. The van der Waals surface area contributed by atoms with Gasteiger partial charge in [0.2, 0.25) is 5.91 Å². The number of rotatable bonds is 8. The topological polar surface area (TPSA) is 62.3 Å². The summed E-state index contributed by atoms with van der Waals surface area (Å²) in [5.41, 5.74) is 3.14. The molecule has 0 bridgehead atoms. The third-order valence-corrected chi connectivity index (χ3v) is 7.88. The van der Waals surface area contributed by atoms with Gasteiger partial charge in [-0.25, -0.2) is 0 Å². The van der Waals surface area contributed by atoms with Crippen LogP contribution in [0.2, 0.25) is 5.02 Å². The Hall–Kier alpha value is -3.39. The van der Waals surface area contributed by atoms with E-state index in [9.17, 15) is 9.59 Å². The number of fused-ring (bicyclic) bond motifs is 1. The van der Waals surface area contributed by atoms with E-state index in [0.717, 1.165) is 62.0 Å². The molecule has 1 fully saturated rings. The number of benzene rings is 3. The van der Waals surface area contributed by atoms with Crippen LogP contribution in [0.15, 0.2) is 72.8 Å². The minimum absolute atomic E-state index is 0.0605. The van der Waals surface area contributed by atoms with E-state index in [2.05, 4.69) is 4.90 Å². The molecule has 0 saturated carbocycles. The molecule has 2 atom stereocenters. The van der Waals surface area contributed by atoms with Gasteiger partial charge in [-0.2, -0.15) is 0 Å². The van der Waals surface area contributed by atoms with Gasteiger partial charge >= 0.3 is 0 Å². The summed E-state index contributed by atoms with van der Waals surface area (Å²) in [4.78, 5) is 32.7. The van der Waals surface area contributed by atoms with Gasteiger partial charge in [0.15, 0.2) is 0 Å². The van der Waals surface area contributed by atoms with Crippen molar-refractivity contribution in [2.45, 2.75) is 38.8 Å². The van der Waals surface area contributed by atoms with Gasteiger partial charge in [0.1, 0.15) is 5.75 Å². The number of hydrogen-bond donors (Lipinski definition) is 0. The van der Waals surface area contributed by atoms with Crippen LogP contribution in [-0.4, -0.2) is 62.2 Å². The summed E-state index contributed by atoms with van der Waals surface area (Å²) in [6.07, 6.45) is 1.55. The van der Waals surface area contributed by atoms with Crippen LogP contribution in [0.25, 0.3) is 0 Å². The number of carbonyl (C=O) groups excluding carboxylic acids is 2. The molecular weight excluding hydrogens is 526 g/mol. The molecule has 0 aromatic heterocycles. The standard InChI is InChI=1S/C32H36ClN3O4/c1-23-22-31(36(24(2)37)27-12-10-26(33)11-13-27)29-6-3-4-7-30(29)35(23)32(38)25-8-14-28(15-9-25)40-19-5-16-34-17-20-39-21-18-34/h3-4,6-15,23,31H,5,16-22H2,1-2H3/t23-,31+/m0/s1. The first-order valence-corrected chi connectivity index (χ1v) is 14.3. The highest BCUT2D eigenvalue weighted by Crippen LogP contribution is 2.43. The molecule has 7 nitrogen and oxygen atoms in total. The maximum atomic E-state index is 13.8. The van der Waals surface area contributed by atoms with Crippen molar-refractivity contribution in [2.24, 2.45) is 0 Å². The van der Waals surface area contributed by atoms with Crippen molar-refractivity contribution in [1.82, 2.24) is 4.90 Å². The first-order valence-electron chi connectivity index (χ1n) is 13.9. The molecule has 0 spiro atoms. The van der Waals surface area contributed by atoms with E-state index in [1.54, 1.807) is 24.0 Å². The van der Waals surface area contributed by atoms with Crippen molar-refractivity contribution in [1.29, 1.82) is 0 Å². The summed E-state index contributed by atoms with van der Waals surface area (Å²) in [5, 5.41) is 0.617. The van der Waals surface area contributed by atoms with Crippen molar-refractivity contribution in [2.75, 3.05) is 49.3 Å². The fraction of sp³-hybridized carbons (Fsp3) is 0.375. The van der Waals surface area contributed by atoms with Crippen LogP contribution in [0.3, 0.4) is 0 Å². The molecule has 5 rings (SSSR count). The molecule has 0 N–H and O–H groups in total. The fourth-order valence-electron chi connectivity index (χ4n) is 5.65. The Balaban J connectivity index is 1.30. The Morgan fingerprint density at radius 1 is 1.00 bits per heavy atom. The van der Waals surface area contributed by atoms with E-state index >= 15 is 0 Å². The first-order chi connectivity index (χ1) is 19.4. The number of carbonyl (C=O) groups is 2. The number of ether oxygens (including phenoxy) is 2. The average molecular weight is 562 g/mol. The van der Waals surface area contributed by atoms with Crippen LogP contribution < -0.4 is 14.5 Å². The highest BCUT2D eigenvalue weighted by molar-refractivity contribution is 6.30. The van der Waals surface area contributed by atoms with Gasteiger partial charge in [-0.05, 0) is 79.9 Å². The van der Waals surface area contributed by atoms with E-state index in [1.165, 1.54) is 0 Å². The van der Waals surface area contributed by atoms with Crippen LogP contribution in [0.1, 0.15) is 48.7 Å². The fourth-order valence-corrected chi connectivity index (χ4v) is 5.78. The number of para-hydroxylation sites is 1. The number of nitrogens with zero attached hydrogens (tertiary/aromatic N) is 3. The summed E-state index contributed by atoms with van der Waals surface area (Å²) in [6.45, 7) is 8.78. The molecule has 0 radical (unpaired) electrons. The van der Waals surface area contributed by atoms with Crippen molar-refractivity contribution in [3.63, 3.8) is 0 Å². The monoisotopic (exact) mass is 561 g/mol. The lowest BCUT2D eigenvalue weighted by atomic mass is 9.89. The van der Waals surface area contributed by atoms with Crippen LogP contribution in [-0.2, 0) is 9.53 Å². The molecule has 3 aromatic carbocycles. The first kappa shape index (κ1) is 28.1. The smallest absolute Gasteiger partial charge is 0.258 e. The van der Waals surface area contributed by atoms with Gasteiger partial charge in [0.05, 0.1) is 25.9 Å². The minimum atomic E-state index is -0.206. The van der Waals surface area contributed by atoms with E-state index in [1.807, 2.05) is 72.5 Å². The van der Waals surface area contributed by atoms with Gasteiger partial charge in [-0.1, -0.05) is 29.8 Å². The molecule has 1 saturated heterocycles. The molecule has 210 valence electrons. The zero-order chi connectivity index (χ0) is 28.1. The number of amides is 2. The molecule has 2 amide bonds. The number of anilines is 2. The highest BCUT2D eigenvalue weighted by atomic mass is 35.5. The third-order valence-electron chi connectivity index (χ3n) is 7.63. The van der Waals surface area contributed by atoms with Crippen molar-refractivity contribution >= 4 is 34.8 Å². The zero-order valence-corrected chi connectivity index (χ0v) is 23.8. The lowest BCUT2D eigenvalue weighted by Crippen LogP contribution is -2.47. The zero-order valence-electron chi connectivity index (χ0n) is 23.1. The molecule has 8 heteroatoms. The van der Waals surface area contributed by atoms with Crippen molar-refractivity contribution in [3.05, 3.63) is 88.9 Å². The Morgan fingerprint density at radius 3 is 2.40 bits per heavy atom. The summed E-state index contributed by atoms with van der Waals surface area (Å²) in [7, 11) is 0. The second-order valence-electron chi connectivity index (χ2n) is 10.4. The SMILES string of the molecule is CC(=O)N(c1ccc(Cl)cc1)[C@@H]1C[C@H](C)N(C(=O)c2ccc(OCCCN3CCOCC3)cc2)c2ccccc21. The number of morpholine rings is 1. The lowest BCUT2D eigenvalue weighted by molar-refractivity contribution is -0.117. The largest absolute Gasteiger partial charge is 0.494 e. The maximum Gasteiger partial charge on any atom is 0.258 e. The van der Waals surface area contributed by atoms with Crippen LogP contribution in [0.4, 0.5) is 11.4 Å². The average Bonchev–Trinajstić information content (AvgIpc) is 2.97. The van der Waals surface area contributed by atoms with Gasteiger partial charge in [0.25, 0.3) is 5.91 Å². The number of halogens is 1. The van der Waals surface area contributed by atoms with Gasteiger partial charge < -0.3 is 19.3 Å². The Kier molecular flexibility index (Phi) is 9.04. The van der Waals surface area contributed by atoms with Gasteiger partial charge in [-0.3, -0.25) is 14.5 Å². The molecule has 40 heavy (non-hydrogen) atoms. The molecule has 3 aromatic rings. The van der Waals surface area contributed by atoms with E-state index in [0.29, 0.717) is 23.6 Å². The van der Waals surface area contributed by atoms with E-state index < -0.39 is 0 Å². The molecule has 0 unspecified atom stereocenters. The highest BCUT2D eigenvalue weighted by Gasteiger charge is 2.38. The second-order valence-corrected chi connectivity index (χ2v) is 10.8. The predicted octanol–water partition coefficient (Wildman–Crippen LogP) is 5.97. The summed E-state index contributed by atoms with van der Waals surface area (Å²) in [5.74, 6) is 0.624. The quantitative estimate of drug-likeness (QED) is 0.317. The molecular formula is C32H36ClN3O4. The van der Waals surface area contributed by atoms with Crippen molar-refractivity contribution in [3.8, 4) is 5.75 Å². The molecule has 2 aliphatic rings. The lowest BCUT2D eigenvalue weighted by Gasteiger charge is -2.43. The summed E-state index contributed by atoms with van der Waals surface area (Å²) < 4.78 is 11.3. The third kappa shape index (κ3) is 6.33. The minimum Gasteiger partial charge on any atom is -0.494 e. The van der Waals surface area contributed by atoms with E-state index in [4.69, 9.17) is 21.1 Å². The van der Waals surface area contributed by atoms with Gasteiger partial charge in [0, 0.05) is 54.6 Å². The number of hydrogen-bond acceptors (Lipinski definition) is 5. The Labute approximate surface area is 241 Å². The van der Waals surface area contributed by atoms with Crippen LogP contribution in [0.5, 0.6) is 5.75 Å². The summed E-state index contributed by atoms with van der Waals surface area (Å²) in [6, 6.07) is 22.2. The second kappa shape index (κ2) is 12.9.